The molecule has 142 valence electrons. The van der Waals surface area contributed by atoms with Gasteiger partial charge in [-0.25, -0.2) is 0 Å². The molecular weight excluding hydrogens is 326 g/mol. The molecule has 1 N–H and O–H groups in total. The molecule has 0 unspecified atom stereocenters. The Morgan fingerprint density at radius 2 is 1.65 bits per heavy atom. The third-order valence-electron chi connectivity index (χ3n) is 5.54. The van der Waals surface area contributed by atoms with Crippen LogP contribution >= 0.6 is 0 Å². The molecule has 0 atom stereocenters. The van der Waals surface area contributed by atoms with Crippen LogP contribution in [0.3, 0.4) is 0 Å². The number of rotatable bonds is 5. The molecule has 0 spiro atoms. The Balaban J connectivity index is 1.49. The first kappa shape index (κ1) is 18.7. The molecule has 3 rings (SSSR count). The van der Waals surface area contributed by atoms with Crippen LogP contribution in [0.1, 0.15) is 51.9 Å². The van der Waals surface area contributed by atoms with E-state index in [1.807, 2.05) is 19.1 Å². The van der Waals surface area contributed by atoms with E-state index in [1.54, 1.807) is 0 Å². The van der Waals surface area contributed by atoms with Gasteiger partial charge in [-0.15, -0.1) is 0 Å². The predicted molar refractivity (Wildman–Crippen MR) is 105 cm³/mol. The van der Waals surface area contributed by atoms with Crippen molar-refractivity contribution in [2.75, 3.05) is 36.4 Å². The van der Waals surface area contributed by atoms with Crippen LogP contribution in [0.25, 0.3) is 0 Å². The summed E-state index contributed by atoms with van der Waals surface area (Å²) < 4.78 is 0. The summed E-state index contributed by atoms with van der Waals surface area (Å²) in [6.07, 6.45) is 7.25. The van der Waals surface area contributed by atoms with E-state index in [-0.39, 0.29) is 11.8 Å². The van der Waals surface area contributed by atoms with E-state index < -0.39 is 0 Å². The zero-order chi connectivity index (χ0) is 18.4. The largest absolute Gasteiger partial charge is 0.368 e. The van der Waals surface area contributed by atoms with Gasteiger partial charge in [0.2, 0.25) is 11.8 Å². The van der Waals surface area contributed by atoms with E-state index in [4.69, 9.17) is 0 Å². The van der Waals surface area contributed by atoms with Gasteiger partial charge in [0, 0.05) is 49.9 Å². The van der Waals surface area contributed by atoms with E-state index in [0.29, 0.717) is 12.3 Å². The lowest BCUT2D eigenvalue weighted by Gasteiger charge is -2.38. The molecule has 5 heteroatoms. The van der Waals surface area contributed by atoms with Crippen LogP contribution in [-0.4, -0.2) is 42.9 Å². The van der Waals surface area contributed by atoms with Crippen LogP contribution in [0.5, 0.6) is 0 Å². The number of carbonyl (C=O) groups excluding carboxylic acids is 2. The molecule has 1 heterocycles. The maximum absolute atomic E-state index is 12.7. The third-order valence-corrected chi connectivity index (χ3v) is 5.54. The van der Waals surface area contributed by atoms with Crippen molar-refractivity contribution in [1.29, 1.82) is 0 Å². The smallest absolute Gasteiger partial charge is 0.225 e. The Hall–Kier alpha value is -2.04. The maximum Gasteiger partial charge on any atom is 0.225 e. The standard InChI is InChI=1S/C21H31N3O2/c1-2-6-20(25)22-18-9-11-19(12-10-18)23-13-15-24(16-14-23)21(26)17-7-4-3-5-8-17/h9-12,17H,2-8,13-16H2,1H3,(H,22,25). The molecule has 2 fully saturated rings. The second kappa shape index (κ2) is 9.06. The minimum atomic E-state index is 0.0649. The molecule has 2 aliphatic rings. The fourth-order valence-corrected chi connectivity index (χ4v) is 4.00. The highest BCUT2D eigenvalue weighted by Gasteiger charge is 2.28. The fourth-order valence-electron chi connectivity index (χ4n) is 4.00. The summed E-state index contributed by atoms with van der Waals surface area (Å²) in [4.78, 5) is 28.7. The van der Waals surface area contributed by atoms with Gasteiger partial charge < -0.3 is 15.1 Å². The Labute approximate surface area is 156 Å². The van der Waals surface area contributed by atoms with Gasteiger partial charge in [0.05, 0.1) is 0 Å². The summed E-state index contributed by atoms with van der Waals surface area (Å²) in [5, 5.41) is 2.92. The van der Waals surface area contributed by atoms with Gasteiger partial charge in [0.25, 0.3) is 0 Å². The topological polar surface area (TPSA) is 52.7 Å². The molecule has 0 bridgehead atoms. The number of piperazine rings is 1. The zero-order valence-electron chi connectivity index (χ0n) is 15.9. The molecule has 26 heavy (non-hydrogen) atoms. The molecule has 1 aromatic rings. The van der Waals surface area contributed by atoms with Crippen LogP contribution in [0.2, 0.25) is 0 Å². The lowest BCUT2D eigenvalue weighted by molar-refractivity contribution is -0.136. The molecule has 1 saturated carbocycles. The van der Waals surface area contributed by atoms with Gasteiger partial charge in [-0.3, -0.25) is 9.59 Å². The Bertz CT molecular complexity index is 600. The summed E-state index contributed by atoms with van der Waals surface area (Å²) >= 11 is 0. The number of hydrogen-bond acceptors (Lipinski definition) is 3. The highest BCUT2D eigenvalue weighted by atomic mass is 16.2. The van der Waals surface area contributed by atoms with Gasteiger partial charge >= 0.3 is 0 Å². The second-order valence-corrected chi connectivity index (χ2v) is 7.49. The van der Waals surface area contributed by atoms with Gasteiger partial charge in [-0.2, -0.15) is 0 Å². The summed E-state index contributed by atoms with van der Waals surface area (Å²) in [7, 11) is 0. The van der Waals surface area contributed by atoms with Crippen molar-refractivity contribution in [2.24, 2.45) is 5.92 Å². The molecule has 1 saturated heterocycles. The summed E-state index contributed by atoms with van der Waals surface area (Å²) in [5.41, 5.74) is 2.00. The number of anilines is 2. The SMILES string of the molecule is CCCC(=O)Nc1ccc(N2CCN(C(=O)C3CCCCC3)CC2)cc1. The molecule has 1 aliphatic heterocycles. The highest BCUT2D eigenvalue weighted by molar-refractivity contribution is 5.90. The van der Waals surface area contributed by atoms with E-state index in [0.717, 1.165) is 56.8 Å². The highest BCUT2D eigenvalue weighted by Crippen LogP contribution is 2.26. The molecule has 0 aromatic heterocycles. The van der Waals surface area contributed by atoms with Gasteiger partial charge in [-0.1, -0.05) is 26.2 Å². The van der Waals surface area contributed by atoms with E-state index in [9.17, 15) is 9.59 Å². The maximum atomic E-state index is 12.7. The lowest BCUT2D eigenvalue weighted by Crippen LogP contribution is -2.50. The number of benzene rings is 1. The zero-order valence-corrected chi connectivity index (χ0v) is 15.9. The third kappa shape index (κ3) is 4.77. The van der Waals surface area contributed by atoms with Crippen molar-refractivity contribution < 1.29 is 9.59 Å². The Morgan fingerprint density at radius 1 is 1.00 bits per heavy atom. The normalized spacial score (nSPS) is 18.7. The van der Waals surface area contributed by atoms with E-state index >= 15 is 0 Å². The molecule has 5 nitrogen and oxygen atoms in total. The van der Waals surface area contributed by atoms with Crippen molar-refractivity contribution in [1.82, 2.24) is 4.90 Å². The quantitative estimate of drug-likeness (QED) is 0.875. The monoisotopic (exact) mass is 357 g/mol. The van der Waals surface area contributed by atoms with Gasteiger partial charge in [0.1, 0.15) is 0 Å². The van der Waals surface area contributed by atoms with Crippen molar-refractivity contribution >= 4 is 23.2 Å². The van der Waals surface area contributed by atoms with Crippen molar-refractivity contribution in [3.63, 3.8) is 0 Å². The van der Waals surface area contributed by atoms with Crippen LogP contribution in [0.4, 0.5) is 11.4 Å². The Kier molecular flexibility index (Phi) is 6.53. The molecule has 1 aliphatic carbocycles. The summed E-state index contributed by atoms with van der Waals surface area (Å²) in [6.45, 7) is 5.37. The van der Waals surface area contributed by atoms with E-state index in [2.05, 4.69) is 27.2 Å². The first-order chi connectivity index (χ1) is 12.7. The molecule has 2 amide bonds. The first-order valence-electron chi connectivity index (χ1n) is 10.1. The minimum Gasteiger partial charge on any atom is -0.368 e. The van der Waals surface area contributed by atoms with E-state index in [1.165, 1.54) is 19.3 Å². The van der Waals surface area contributed by atoms with Gasteiger partial charge in [-0.05, 0) is 43.5 Å². The molecular formula is C21H31N3O2. The first-order valence-corrected chi connectivity index (χ1v) is 10.1. The molecule has 1 aromatic carbocycles. The number of nitrogens with one attached hydrogen (secondary N) is 1. The van der Waals surface area contributed by atoms with Crippen LogP contribution < -0.4 is 10.2 Å². The molecule has 0 radical (unpaired) electrons. The average molecular weight is 357 g/mol. The number of amides is 2. The van der Waals surface area contributed by atoms with Gasteiger partial charge in [0.15, 0.2) is 0 Å². The fraction of sp³-hybridized carbons (Fsp3) is 0.619. The van der Waals surface area contributed by atoms with Crippen molar-refractivity contribution in [3.05, 3.63) is 24.3 Å². The second-order valence-electron chi connectivity index (χ2n) is 7.49. The van der Waals surface area contributed by atoms with Crippen LogP contribution in [0.15, 0.2) is 24.3 Å². The summed E-state index contributed by atoms with van der Waals surface area (Å²) in [5.74, 6) is 0.703. The number of nitrogens with zero attached hydrogens (tertiary/aromatic N) is 2. The van der Waals surface area contributed by atoms with Crippen molar-refractivity contribution in [3.8, 4) is 0 Å². The summed E-state index contributed by atoms with van der Waals surface area (Å²) in [6, 6.07) is 8.03. The number of hydrogen-bond donors (Lipinski definition) is 1. The Morgan fingerprint density at radius 3 is 2.27 bits per heavy atom. The predicted octanol–water partition coefficient (Wildman–Crippen LogP) is 3.65. The van der Waals surface area contributed by atoms with Crippen LogP contribution in [-0.2, 0) is 9.59 Å². The number of carbonyl (C=O) groups is 2. The average Bonchev–Trinajstić information content (AvgIpc) is 2.69. The van der Waals surface area contributed by atoms with Crippen molar-refractivity contribution in [2.45, 2.75) is 51.9 Å². The lowest BCUT2D eigenvalue weighted by atomic mass is 9.88. The minimum absolute atomic E-state index is 0.0649. The van der Waals surface area contributed by atoms with Crippen LogP contribution in [0, 0.1) is 5.92 Å².